The molecule has 0 aliphatic carbocycles. The molecule has 2 aliphatic heterocycles. The van der Waals surface area contributed by atoms with Crippen molar-refractivity contribution >= 4 is 27.2 Å². The van der Waals surface area contributed by atoms with Gasteiger partial charge in [-0.05, 0) is 54.3 Å². The van der Waals surface area contributed by atoms with E-state index in [9.17, 15) is 38.7 Å². The summed E-state index contributed by atoms with van der Waals surface area (Å²) in [5, 5.41) is 57.0. The van der Waals surface area contributed by atoms with Gasteiger partial charge in [0.25, 0.3) is 0 Å². The van der Waals surface area contributed by atoms with Crippen molar-refractivity contribution in [2.24, 2.45) is 5.41 Å². The highest BCUT2D eigenvalue weighted by Gasteiger charge is 2.49. The summed E-state index contributed by atoms with van der Waals surface area (Å²) < 4.78 is 33.1. The Morgan fingerprint density at radius 2 is 1.77 bits per heavy atom. The Labute approximate surface area is 258 Å². The van der Waals surface area contributed by atoms with Gasteiger partial charge in [-0.2, -0.15) is 0 Å². The van der Waals surface area contributed by atoms with Crippen LogP contribution in [0.3, 0.4) is 0 Å². The predicted molar refractivity (Wildman–Crippen MR) is 165 cm³/mol. The molecule has 7 N–H and O–H groups in total. The van der Waals surface area contributed by atoms with Crippen molar-refractivity contribution in [2.75, 3.05) is 36.7 Å². The van der Waals surface area contributed by atoms with Gasteiger partial charge < -0.3 is 45.8 Å². The van der Waals surface area contributed by atoms with Crippen LogP contribution in [-0.4, -0.2) is 103 Å². The highest BCUT2D eigenvalue weighted by Crippen LogP contribution is 2.49. The molecule has 0 saturated carbocycles. The van der Waals surface area contributed by atoms with Crippen LogP contribution in [0.15, 0.2) is 47.4 Å². The van der Waals surface area contributed by atoms with Gasteiger partial charge in [0, 0.05) is 36.8 Å². The quantitative estimate of drug-likeness (QED) is 0.213. The number of fused-ring (bicyclic) bond motifs is 1. The molecule has 0 aromatic heterocycles. The molecule has 0 unspecified atom stereocenters. The van der Waals surface area contributed by atoms with E-state index in [4.69, 9.17) is 4.74 Å². The summed E-state index contributed by atoms with van der Waals surface area (Å²) in [6.07, 6.45) is -5.93. The lowest BCUT2D eigenvalue weighted by molar-refractivity contribution is -0.233. The Bertz CT molecular complexity index is 1420. The van der Waals surface area contributed by atoms with Crippen LogP contribution in [-0.2, 0) is 14.6 Å². The van der Waals surface area contributed by atoms with E-state index < -0.39 is 70.6 Å². The zero-order valence-corrected chi connectivity index (χ0v) is 26.4. The first-order valence-electron chi connectivity index (χ1n) is 15.0. The Kier molecular flexibility index (Phi) is 10.6. The summed E-state index contributed by atoms with van der Waals surface area (Å²) in [7, 11) is -0.0514. The van der Waals surface area contributed by atoms with E-state index in [1.54, 1.807) is 42.5 Å². The summed E-state index contributed by atoms with van der Waals surface area (Å²) in [6, 6.07) is 11.2. The molecule has 244 valence electrons. The number of nitrogens with one attached hydrogen (secondary N) is 2. The summed E-state index contributed by atoms with van der Waals surface area (Å²) in [5.41, 5.74) is 1.29. The van der Waals surface area contributed by atoms with Crippen LogP contribution in [0.1, 0.15) is 56.6 Å². The number of urea groups is 1. The third-order valence-electron chi connectivity index (χ3n) is 9.00. The van der Waals surface area contributed by atoms with Crippen LogP contribution in [0.2, 0.25) is 0 Å². The first-order chi connectivity index (χ1) is 20.8. The minimum absolute atomic E-state index is 0.178. The third kappa shape index (κ3) is 6.74. The largest absolute Gasteiger partial charge is 0.394 e. The summed E-state index contributed by atoms with van der Waals surface area (Å²) in [6.45, 7) is 3.30. The van der Waals surface area contributed by atoms with E-state index in [-0.39, 0.29) is 10.6 Å². The Balaban J connectivity index is 1.72. The maximum absolute atomic E-state index is 13.9. The van der Waals surface area contributed by atoms with E-state index in [0.717, 1.165) is 18.5 Å². The highest BCUT2D eigenvalue weighted by molar-refractivity contribution is 7.91. The maximum Gasteiger partial charge on any atom is 0.321 e. The number of carbonyl (C=O) groups is 1. The molecule has 0 radical (unpaired) electrons. The predicted octanol–water partition coefficient (Wildman–Crippen LogP) is 1.54. The summed E-state index contributed by atoms with van der Waals surface area (Å²) in [4.78, 5) is 15.0. The molecule has 2 aliphatic rings. The molecular formula is C31H45N3O9S. The van der Waals surface area contributed by atoms with Crippen LogP contribution < -0.4 is 15.5 Å². The number of carbonyl (C=O) groups excluding carboxylic acids is 1. The number of sulfone groups is 1. The van der Waals surface area contributed by atoms with Crippen LogP contribution in [0, 0.1) is 5.41 Å². The zero-order chi connectivity index (χ0) is 32.4. The average molecular weight is 636 g/mol. The number of ether oxygens (including phenoxy) is 1. The van der Waals surface area contributed by atoms with Crippen molar-refractivity contribution in [3.63, 3.8) is 0 Å². The van der Waals surface area contributed by atoms with Crippen LogP contribution in [0.5, 0.6) is 0 Å². The molecule has 8 atom stereocenters. The van der Waals surface area contributed by atoms with Gasteiger partial charge >= 0.3 is 6.03 Å². The van der Waals surface area contributed by atoms with Crippen LogP contribution >= 0.6 is 0 Å². The van der Waals surface area contributed by atoms with Crippen molar-refractivity contribution in [1.29, 1.82) is 0 Å². The number of aliphatic hydroxyl groups excluding tert-OH is 5. The van der Waals surface area contributed by atoms with E-state index in [1.807, 2.05) is 32.8 Å². The monoisotopic (exact) mass is 635 g/mol. The molecule has 12 nitrogen and oxygen atoms in total. The highest BCUT2D eigenvalue weighted by atomic mass is 32.2. The van der Waals surface area contributed by atoms with Gasteiger partial charge in [0.05, 0.1) is 23.4 Å². The Morgan fingerprint density at radius 3 is 2.41 bits per heavy atom. The number of aliphatic hydroxyl groups is 5. The number of hydrogen-bond acceptors (Lipinski definition) is 10. The van der Waals surface area contributed by atoms with Crippen molar-refractivity contribution in [3.8, 4) is 0 Å². The second-order valence-corrected chi connectivity index (χ2v) is 14.0. The fourth-order valence-corrected chi connectivity index (χ4v) is 8.58. The number of unbranched alkanes of at least 4 members (excludes halogenated alkanes) is 1. The molecule has 2 amide bonds. The van der Waals surface area contributed by atoms with Crippen molar-refractivity contribution < 1.29 is 43.5 Å². The maximum atomic E-state index is 13.9. The van der Waals surface area contributed by atoms with Crippen molar-refractivity contribution in [2.45, 2.75) is 87.1 Å². The molecule has 2 heterocycles. The number of anilines is 2. The van der Waals surface area contributed by atoms with E-state index in [0.29, 0.717) is 29.7 Å². The molecule has 2 aromatic carbocycles. The van der Waals surface area contributed by atoms with Crippen molar-refractivity contribution in [1.82, 2.24) is 5.32 Å². The molecule has 44 heavy (non-hydrogen) atoms. The minimum atomic E-state index is -3.76. The van der Waals surface area contributed by atoms with Gasteiger partial charge in [-0.15, -0.1) is 0 Å². The molecular weight excluding hydrogens is 590 g/mol. The van der Waals surface area contributed by atoms with Crippen LogP contribution in [0.25, 0.3) is 0 Å². The van der Waals surface area contributed by atoms with Gasteiger partial charge in [0.1, 0.15) is 24.4 Å². The number of hydrogen-bond donors (Lipinski definition) is 7. The lowest BCUT2D eigenvalue weighted by atomic mass is 9.69. The number of nitrogens with zero attached hydrogens (tertiary/aromatic N) is 1. The number of amides is 2. The lowest BCUT2D eigenvalue weighted by Gasteiger charge is -2.40. The fraction of sp³-hybridized carbons (Fsp3) is 0.581. The molecule has 2 aromatic rings. The smallest absolute Gasteiger partial charge is 0.321 e. The van der Waals surface area contributed by atoms with Gasteiger partial charge in [-0.3, -0.25) is 0 Å². The molecule has 1 saturated heterocycles. The van der Waals surface area contributed by atoms with Gasteiger partial charge in [0.15, 0.2) is 16.1 Å². The van der Waals surface area contributed by atoms with Gasteiger partial charge in [-0.1, -0.05) is 38.8 Å². The van der Waals surface area contributed by atoms with Crippen molar-refractivity contribution in [3.05, 3.63) is 53.6 Å². The standard InChI is InChI=1S/C31H45N3O9S/c1-5-7-13-31(6-2)17-44(41,42)23-12-11-20(34(3)4)15-21(23)24(28(31)39)18-9-8-10-19(14-18)32-30(40)33-29-27(38)26(37)25(36)22(16-35)43-29/h8-12,14-15,22,24-29,35-39H,5-7,13,16-17H2,1-4H3,(H2,32,33,40)/t22-,24-,25-,26+,27-,28-,29-,31-/m1/s1. The van der Waals surface area contributed by atoms with Crippen LogP contribution in [0.4, 0.5) is 16.2 Å². The Hall–Kier alpha value is -2.78. The molecule has 13 heteroatoms. The normalized spacial score (nSPS) is 31.4. The molecule has 4 rings (SSSR count). The average Bonchev–Trinajstić information content (AvgIpc) is 3.06. The first kappa shape index (κ1) is 34.1. The topological polar surface area (TPSA) is 189 Å². The first-order valence-corrected chi connectivity index (χ1v) is 16.6. The van der Waals surface area contributed by atoms with Gasteiger partial charge in [0.2, 0.25) is 0 Å². The van der Waals surface area contributed by atoms with E-state index in [1.165, 1.54) is 0 Å². The number of rotatable bonds is 9. The zero-order valence-electron chi connectivity index (χ0n) is 25.6. The fourth-order valence-electron chi connectivity index (χ4n) is 6.33. The Morgan fingerprint density at radius 1 is 1.05 bits per heavy atom. The van der Waals surface area contributed by atoms with E-state index >= 15 is 0 Å². The number of benzene rings is 2. The van der Waals surface area contributed by atoms with E-state index in [2.05, 4.69) is 10.6 Å². The molecule has 0 bridgehead atoms. The molecule has 1 fully saturated rings. The second kappa shape index (κ2) is 13.7. The lowest BCUT2D eigenvalue weighted by Crippen LogP contribution is -2.63. The molecule has 0 spiro atoms. The second-order valence-electron chi connectivity index (χ2n) is 12.1. The summed E-state index contributed by atoms with van der Waals surface area (Å²) in [5.74, 6) is -0.906. The summed E-state index contributed by atoms with van der Waals surface area (Å²) >= 11 is 0. The SMILES string of the molecule is CCCC[C@]1(CC)CS(=O)(=O)c2ccc(N(C)C)cc2[C@@H](c2cccc(NC(=O)N[C@@H]3O[C@H](CO)[C@@H](O)[C@H](O)[C@H]3O)c2)[C@H]1O. The third-order valence-corrected chi connectivity index (χ3v) is 11.0. The minimum Gasteiger partial charge on any atom is -0.394 e. The van der Waals surface area contributed by atoms with Gasteiger partial charge in [-0.25, -0.2) is 13.2 Å².